The SMILES string of the molecule is [Cl-].c1csc(COc2ccc(CNCC3CCCO3)cc2)c1. The van der Waals surface area contributed by atoms with Crippen LogP contribution in [0.15, 0.2) is 41.8 Å². The van der Waals surface area contributed by atoms with Crippen molar-refractivity contribution in [2.45, 2.75) is 32.1 Å². The average Bonchev–Trinajstić information content (AvgIpc) is 3.20. The van der Waals surface area contributed by atoms with Gasteiger partial charge in [0.1, 0.15) is 12.4 Å². The van der Waals surface area contributed by atoms with E-state index in [-0.39, 0.29) is 12.4 Å². The fourth-order valence-corrected chi connectivity index (χ4v) is 3.05. The van der Waals surface area contributed by atoms with Crippen molar-refractivity contribution in [1.29, 1.82) is 0 Å². The third-order valence-corrected chi connectivity index (χ3v) is 4.46. The third-order valence-electron chi connectivity index (χ3n) is 3.61. The number of thiophene rings is 1. The second kappa shape index (κ2) is 9.16. The van der Waals surface area contributed by atoms with Crippen LogP contribution < -0.4 is 22.5 Å². The van der Waals surface area contributed by atoms with Crippen molar-refractivity contribution >= 4 is 11.3 Å². The second-order valence-electron chi connectivity index (χ2n) is 5.28. The molecule has 0 aliphatic carbocycles. The summed E-state index contributed by atoms with van der Waals surface area (Å²) in [5.74, 6) is 0.922. The molecule has 22 heavy (non-hydrogen) atoms. The fraction of sp³-hybridized carbons (Fsp3) is 0.412. The van der Waals surface area contributed by atoms with Crippen LogP contribution in [0.4, 0.5) is 0 Å². The van der Waals surface area contributed by atoms with Crippen molar-refractivity contribution in [1.82, 2.24) is 5.32 Å². The normalized spacial score (nSPS) is 17.2. The summed E-state index contributed by atoms with van der Waals surface area (Å²) >= 11 is 1.72. The van der Waals surface area contributed by atoms with E-state index in [1.165, 1.54) is 23.3 Å². The van der Waals surface area contributed by atoms with Gasteiger partial charge in [-0.2, -0.15) is 0 Å². The molecule has 1 aromatic heterocycles. The van der Waals surface area contributed by atoms with Gasteiger partial charge >= 0.3 is 0 Å². The Morgan fingerprint density at radius 2 is 2.09 bits per heavy atom. The van der Waals surface area contributed by atoms with E-state index >= 15 is 0 Å². The minimum Gasteiger partial charge on any atom is -1.00 e. The van der Waals surface area contributed by atoms with Crippen molar-refractivity contribution in [3.8, 4) is 5.75 Å². The van der Waals surface area contributed by atoms with E-state index in [0.29, 0.717) is 12.7 Å². The summed E-state index contributed by atoms with van der Waals surface area (Å²) in [5.41, 5.74) is 1.27. The number of halogens is 1. The summed E-state index contributed by atoms with van der Waals surface area (Å²) in [7, 11) is 0. The lowest BCUT2D eigenvalue weighted by Gasteiger charge is -2.11. The molecular formula is C17H21ClNO2S-. The van der Waals surface area contributed by atoms with Gasteiger partial charge < -0.3 is 27.2 Å². The van der Waals surface area contributed by atoms with Gasteiger partial charge in [-0.05, 0) is 42.0 Å². The molecule has 1 unspecified atom stereocenters. The molecule has 0 bridgehead atoms. The largest absolute Gasteiger partial charge is 1.00 e. The Kier molecular flexibility index (Phi) is 7.19. The molecule has 1 aromatic carbocycles. The van der Waals surface area contributed by atoms with Crippen LogP contribution in [-0.2, 0) is 17.9 Å². The Balaban J connectivity index is 0.00000176. The van der Waals surface area contributed by atoms with Crippen LogP contribution in [0.3, 0.4) is 0 Å². The number of rotatable bonds is 7. The van der Waals surface area contributed by atoms with E-state index in [4.69, 9.17) is 9.47 Å². The molecule has 1 atom stereocenters. The van der Waals surface area contributed by atoms with Gasteiger partial charge in [0.2, 0.25) is 0 Å². The Morgan fingerprint density at radius 3 is 2.77 bits per heavy atom. The lowest BCUT2D eigenvalue weighted by molar-refractivity contribution is -0.00000588. The highest BCUT2D eigenvalue weighted by molar-refractivity contribution is 7.09. The first-order valence-corrected chi connectivity index (χ1v) is 8.34. The van der Waals surface area contributed by atoms with Crippen molar-refractivity contribution in [2.24, 2.45) is 0 Å². The van der Waals surface area contributed by atoms with E-state index < -0.39 is 0 Å². The molecule has 2 aromatic rings. The van der Waals surface area contributed by atoms with Crippen LogP contribution in [0, 0.1) is 0 Å². The number of hydrogen-bond donors (Lipinski definition) is 1. The van der Waals surface area contributed by atoms with E-state index in [9.17, 15) is 0 Å². The van der Waals surface area contributed by atoms with Gasteiger partial charge in [0.15, 0.2) is 0 Å². The van der Waals surface area contributed by atoms with Gasteiger partial charge in [0.25, 0.3) is 0 Å². The molecule has 3 nitrogen and oxygen atoms in total. The number of hydrogen-bond acceptors (Lipinski definition) is 4. The maximum Gasteiger partial charge on any atom is 0.122 e. The maximum atomic E-state index is 5.76. The first kappa shape index (κ1) is 17.3. The molecule has 1 aliphatic rings. The zero-order chi connectivity index (χ0) is 14.3. The van der Waals surface area contributed by atoms with Gasteiger partial charge in [0, 0.05) is 24.6 Å². The van der Waals surface area contributed by atoms with Crippen LogP contribution in [0.5, 0.6) is 5.75 Å². The standard InChI is InChI=1S/C17H21NO2S.ClH/c1-3-16(19-9-1)12-18-11-14-5-7-15(8-6-14)20-13-17-4-2-10-21-17;/h2,4-8,10,16,18H,1,3,9,11-13H2;1H/p-1. The molecule has 3 rings (SSSR count). The first-order valence-electron chi connectivity index (χ1n) is 7.46. The number of ether oxygens (including phenoxy) is 2. The van der Waals surface area contributed by atoms with Gasteiger partial charge in [-0.1, -0.05) is 18.2 Å². The van der Waals surface area contributed by atoms with E-state index in [0.717, 1.165) is 25.4 Å². The summed E-state index contributed by atoms with van der Waals surface area (Å²) in [4.78, 5) is 1.25. The van der Waals surface area contributed by atoms with Crippen molar-refractivity contribution in [2.75, 3.05) is 13.2 Å². The fourth-order valence-electron chi connectivity index (χ4n) is 2.44. The summed E-state index contributed by atoms with van der Waals surface area (Å²) in [6.07, 6.45) is 2.78. The van der Waals surface area contributed by atoms with Crippen LogP contribution >= 0.6 is 11.3 Å². The Hall–Kier alpha value is -1.07. The maximum absolute atomic E-state index is 5.76. The molecule has 0 amide bonds. The molecule has 0 spiro atoms. The molecule has 0 saturated carbocycles. The van der Waals surface area contributed by atoms with Gasteiger partial charge in [-0.3, -0.25) is 0 Å². The Bertz CT molecular complexity index is 524. The lowest BCUT2D eigenvalue weighted by atomic mass is 10.2. The highest BCUT2D eigenvalue weighted by Crippen LogP contribution is 2.16. The minimum absolute atomic E-state index is 0. The molecule has 0 radical (unpaired) electrons. The summed E-state index contributed by atoms with van der Waals surface area (Å²) in [6.45, 7) is 3.39. The zero-order valence-corrected chi connectivity index (χ0v) is 14.0. The number of nitrogens with one attached hydrogen (secondary N) is 1. The van der Waals surface area contributed by atoms with Crippen LogP contribution in [0.1, 0.15) is 23.3 Å². The molecule has 1 N–H and O–H groups in total. The predicted octanol–water partition coefficient (Wildman–Crippen LogP) is 0.600. The van der Waals surface area contributed by atoms with E-state index in [1.54, 1.807) is 11.3 Å². The summed E-state index contributed by atoms with van der Waals surface area (Å²) < 4.78 is 11.4. The molecule has 5 heteroatoms. The monoisotopic (exact) mass is 338 g/mol. The zero-order valence-electron chi connectivity index (χ0n) is 12.5. The lowest BCUT2D eigenvalue weighted by Crippen LogP contribution is -3.00. The topological polar surface area (TPSA) is 30.5 Å². The summed E-state index contributed by atoms with van der Waals surface area (Å²) in [5, 5.41) is 5.52. The molecular weight excluding hydrogens is 318 g/mol. The number of benzene rings is 1. The third kappa shape index (κ3) is 5.29. The Morgan fingerprint density at radius 1 is 1.23 bits per heavy atom. The second-order valence-corrected chi connectivity index (χ2v) is 6.31. The van der Waals surface area contributed by atoms with Gasteiger partial charge in [0.05, 0.1) is 6.10 Å². The van der Waals surface area contributed by atoms with Crippen LogP contribution in [0.2, 0.25) is 0 Å². The summed E-state index contributed by atoms with van der Waals surface area (Å²) in [6, 6.07) is 12.5. The highest BCUT2D eigenvalue weighted by Gasteiger charge is 2.14. The van der Waals surface area contributed by atoms with Crippen molar-refractivity contribution in [3.05, 3.63) is 52.2 Å². The van der Waals surface area contributed by atoms with Crippen molar-refractivity contribution in [3.63, 3.8) is 0 Å². The average molecular weight is 339 g/mol. The molecule has 1 fully saturated rings. The first-order chi connectivity index (χ1) is 10.4. The Labute approximate surface area is 142 Å². The van der Waals surface area contributed by atoms with E-state index in [1.807, 2.05) is 18.2 Å². The van der Waals surface area contributed by atoms with E-state index in [2.05, 4.69) is 28.9 Å². The molecule has 2 heterocycles. The van der Waals surface area contributed by atoms with Crippen LogP contribution in [-0.4, -0.2) is 19.3 Å². The molecule has 1 saturated heterocycles. The quantitative estimate of drug-likeness (QED) is 0.802. The highest BCUT2D eigenvalue weighted by atomic mass is 35.5. The van der Waals surface area contributed by atoms with Gasteiger partial charge in [-0.25, -0.2) is 0 Å². The minimum atomic E-state index is 0. The smallest absolute Gasteiger partial charge is 0.122 e. The van der Waals surface area contributed by atoms with Crippen LogP contribution in [0.25, 0.3) is 0 Å². The molecule has 120 valence electrons. The van der Waals surface area contributed by atoms with Crippen molar-refractivity contribution < 1.29 is 21.9 Å². The predicted molar refractivity (Wildman–Crippen MR) is 85.8 cm³/mol. The molecule has 1 aliphatic heterocycles. The van der Waals surface area contributed by atoms with Gasteiger partial charge in [-0.15, -0.1) is 11.3 Å².